The molecule has 0 saturated carbocycles. The van der Waals surface area contributed by atoms with E-state index in [2.05, 4.69) is 93.7 Å². The number of ether oxygens (including phenoxy) is 3. The molecule has 0 heterocycles. The van der Waals surface area contributed by atoms with Gasteiger partial charge in [0.1, 0.15) is 13.2 Å². The second kappa shape index (κ2) is 49.2. The van der Waals surface area contributed by atoms with Gasteiger partial charge in [-0.2, -0.15) is 0 Å². The van der Waals surface area contributed by atoms with Crippen LogP contribution in [0.15, 0.2) is 134 Å². The van der Waals surface area contributed by atoms with Crippen molar-refractivity contribution >= 4 is 17.9 Å². The molecule has 0 radical (unpaired) electrons. The first kappa shape index (κ1) is 57.5. The number of hydrogen-bond donors (Lipinski definition) is 0. The van der Waals surface area contributed by atoms with E-state index >= 15 is 0 Å². The van der Waals surface area contributed by atoms with E-state index in [-0.39, 0.29) is 44.0 Å². The zero-order valence-electron chi connectivity index (χ0n) is 39.3. The molecule has 0 amide bonds. The molecule has 0 aliphatic heterocycles. The van der Waals surface area contributed by atoms with Gasteiger partial charge >= 0.3 is 17.9 Å². The summed E-state index contributed by atoms with van der Waals surface area (Å²) < 4.78 is 16.6. The van der Waals surface area contributed by atoms with E-state index in [4.69, 9.17) is 14.2 Å². The van der Waals surface area contributed by atoms with Crippen molar-refractivity contribution in [2.75, 3.05) is 13.2 Å². The Balaban J connectivity index is 4.59. The summed E-state index contributed by atoms with van der Waals surface area (Å²) in [6, 6.07) is 0. The van der Waals surface area contributed by atoms with E-state index in [0.717, 1.165) is 83.5 Å². The standard InChI is InChI=1S/C56H86O6/c1-4-7-10-13-16-19-22-24-26-27-28-29-31-32-34-37-40-43-46-49-55(58)61-52-53(51-60-54(57)48-45-42-39-36-21-18-15-12-9-6-3)62-56(59)50-47-44-41-38-35-33-30-25-23-20-17-14-11-8-5-2/h7-8,10-11,14,16-17,19-20,23-26,28-30,32-35,40,43,53H,4-6,9,12-13,15,18,21-22,27,31,36-39,41-42,44-52H2,1-3H3/b10-7-,11-8-,17-14-,19-16-,23-20-,26-24-,29-28-,30-25-,34-32-,35-33-,43-40-. The largest absolute Gasteiger partial charge is 0.462 e. The molecule has 0 bridgehead atoms. The maximum atomic E-state index is 12.7. The summed E-state index contributed by atoms with van der Waals surface area (Å²) >= 11 is 0. The van der Waals surface area contributed by atoms with Crippen LogP contribution in [0.3, 0.4) is 0 Å². The zero-order valence-corrected chi connectivity index (χ0v) is 39.3. The van der Waals surface area contributed by atoms with Gasteiger partial charge in [0, 0.05) is 19.3 Å². The Hall–Kier alpha value is -4.45. The smallest absolute Gasteiger partial charge is 0.306 e. The topological polar surface area (TPSA) is 78.9 Å². The normalized spacial score (nSPS) is 13.3. The van der Waals surface area contributed by atoms with Gasteiger partial charge in [-0.15, -0.1) is 0 Å². The minimum Gasteiger partial charge on any atom is -0.462 e. The molecule has 0 aliphatic rings. The fraction of sp³-hybridized carbons (Fsp3) is 0.554. The average Bonchev–Trinajstić information content (AvgIpc) is 3.27. The van der Waals surface area contributed by atoms with Gasteiger partial charge < -0.3 is 14.2 Å². The average molecular weight is 855 g/mol. The molecular formula is C56H86O6. The van der Waals surface area contributed by atoms with Crippen LogP contribution in [-0.4, -0.2) is 37.2 Å². The SMILES string of the molecule is CC\C=C/C=C\C=C/C=C\C=C/CCCCCC(=O)OC(COC(=O)CC/C=C\C/C=C\C/C=C\C/C=C\C/C=C\C/C=C\CC)COC(=O)CCCCCCCCCCCC. The number of esters is 3. The van der Waals surface area contributed by atoms with E-state index in [0.29, 0.717) is 19.3 Å². The minimum atomic E-state index is -0.832. The van der Waals surface area contributed by atoms with Crippen LogP contribution >= 0.6 is 0 Å². The number of allylic oxidation sites excluding steroid dienone is 22. The summed E-state index contributed by atoms with van der Waals surface area (Å²) in [7, 11) is 0. The Bertz CT molecular complexity index is 1400. The number of hydrogen-bond acceptors (Lipinski definition) is 6. The fourth-order valence-corrected chi connectivity index (χ4v) is 5.96. The van der Waals surface area contributed by atoms with Gasteiger partial charge in [-0.3, -0.25) is 14.4 Å². The highest BCUT2D eigenvalue weighted by Gasteiger charge is 2.19. The van der Waals surface area contributed by atoms with Crippen molar-refractivity contribution < 1.29 is 28.6 Å². The van der Waals surface area contributed by atoms with Crippen molar-refractivity contribution in [2.45, 2.75) is 187 Å². The number of unbranched alkanes of at least 4 members (excludes halogenated alkanes) is 12. The first-order valence-electron chi connectivity index (χ1n) is 24.3. The second-order valence-corrected chi connectivity index (χ2v) is 15.4. The molecule has 1 atom stereocenters. The molecule has 62 heavy (non-hydrogen) atoms. The summed E-state index contributed by atoms with van der Waals surface area (Å²) in [6.45, 7) is 6.23. The van der Waals surface area contributed by atoms with Crippen LogP contribution in [-0.2, 0) is 28.6 Å². The number of carbonyl (C=O) groups excluding carboxylic acids is 3. The maximum Gasteiger partial charge on any atom is 0.306 e. The maximum absolute atomic E-state index is 12.7. The Morgan fingerprint density at radius 3 is 1.24 bits per heavy atom. The molecule has 0 N–H and O–H groups in total. The summed E-state index contributed by atoms with van der Waals surface area (Å²) in [4.78, 5) is 37.8. The lowest BCUT2D eigenvalue weighted by atomic mass is 10.1. The first-order valence-corrected chi connectivity index (χ1v) is 24.3. The molecule has 0 aromatic rings. The molecule has 0 aromatic heterocycles. The van der Waals surface area contributed by atoms with Crippen molar-refractivity contribution in [3.05, 3.63) is 134 Å². The van der Waals surface area contributed by atoms with E-state index in [1.165, 1.54) is 44.9 Å². The molecular weight excluding hydrogens is 769 g/mol. The van der Waals surface area contributed by atoms with Crippen molar-refractivity contribution in [1.29, 1.82) is 0 Å². The van der Waals surface area contributed by atoms with Gasteiger partial charge in [0.05, 0.1) is 0 Å². The summed E-state index contributed by atoms with van der Waals surface area (Å²) in [5.41, 5.74) is 0. The van der Waals surface area contributed by atoms with Gasteiger partial charge in [-0.1, -0.05) is 219 Å². The summed E-state index contributed by atoms with van der Waals surface area (Å²) in [5.74, 6) is -1.07. The summed E-state index contributed by atoms with van der Waals surface area (Å²) in [5, 5.41) is 0. The molecule has 0 aliphatic carbocycles. The summed E-state index contributed by atoms with van der Waals surface area (Å²) in [6.07, 6.45) is 68.7. The third-order valence-electron chi connectivity index (χ3n) is 9.54. The van der Waals surface area contributed by atoms with Gasteiger partial charge in [0.2, 0.25) is 0 Å². The predicted molar refractivity (Wildman–Crippen MR) is 265 cm³/mol. The van der Waals surface area contributed by atoms with Crippen LogP contribution in [0, 0.1) is 0 Å². The first-order chi connectivity index (χ1) is 30.5. The van der Waals surface area contributed by atoms with Crippen molar-refractivity contribution in [3.63, 3.8) is 0 Å². The fourth-order valence-electron chi connectivity index (χ4n) is 5.96. The Morgan fingerprint density at radius 1 is 0.355 bits per heavy atom. The molecule has 6 nitrogen and oxygen atoms in total. The van der Waals surface area contributed by atoms with Crippen LogP contribution < -0.4 is 0 Å². The second-order valence-electron chi connectivity index (χ2n) is 15.4. The highest BCUT2D eigenvalue weighted by atomic mass is 16.6. The Labute approximate surface area is 379 Å². The monoisotopic (exact) mass is 855 g/mol. The lowest BCUT2D eigenvalue weighted by Crippen LogP contribution is -2.30. The molecule has 346 valence electrons. The lowest BCUT2D eigenvalue weighted by molar-refractivity contribution is -0.166. The van der Waals surface area contributed by atoms with Crippen LogP contribution in [0.4, 0.5) is 0 Å². The lowest BCUT2D eigenvalue weighted by Gasteiger charge is -2.18. The highest BCUT2D eigenvalue weighted by Crippen LogP contribution is 2.13. The molecule has 0 spiro atoms. The molecule has 0 saturated heterocycles. The predicted octanol–water partition coefficient (Wildman–Crippen LogP) is 15.9. The third kappa shape index (κ3) is 46.6. The number of rotatable bonds is 41. The van der Waals surface area contributed by atoms with Crippen LogP contribution in [0.2, 0.25) is 0 Å². The Morgan fingerprint density at radius 2 is 0.742 bits per heavy atom. The van der Waals surface area contributed by atoms with E-state index < -0.39 is 6.10 Å². The van der Waals surface area contributed by atoms with Gasteiger partial charge in [0.15, 0.2) is 6.10 Å². The molecule has 0 aromatic carbocycles. The number of carbonyl (C=O) groups is 3. The van der Waals surface area contributed by atoms with Gasteiger partial charge in [0.25, 0.3) is 0 Å². The molecule has 6 heteroatoms. The van der Waals surface area contributed by atoms with Crippen LogP contribution in [0.1, 0.15) is 181 Å². The molecule has 1 unspecified atom stereocenters. The van der Waals surface area contributed by atoms with Crippen molar-refractivity contribution in [3.8, 4) is 0 Å². The van der Waals surface area contributed by atoms with Crippen molar-refractivity contribution in [1.82, 2.24) is 0 Å². The van der Waals surface area contributed by atoms with Crippen LogP contribution in [0.5, 0.6) is 0 Å². The van der Waals surface area contributed by atoms with E-state index in [1.807, 2.05) is 60.8 Å². The van der Waals surface area contributed by atoms with Gasteiger partial charge in [-0.05, 0) is 77.0 Å². The minimum absolute atomic E-state index is 0.123. The highest BCUT2D eigenvalue weighted by molar-refractivity contribution is 5.71. The molecule has 0 rings (SSSR count). The van der Waals surface area contributed by atoms with Gasteiger partial charge in [-0.25, -0.2) is 0 Å². The molecule has 0 fully saturated rings. The quantitative estimate of drug-likeness (QED) is 0.0200. The van der Waals surface area contributed by atoms with E-state index in [1.54, 1.807) is 0 Å². The van der Waals surface area contributed by atoms with E-state index in [9.17, 15) is 14.4 Å². The van der Waals surface area contributed by atoms with Crippen LogP contribution in [0.25, 0.3) is 0 Å². The zero-order chi connectivity index (χ0) is 45.1. The third-order valence-corrected chi connectivity index (χ3v) is 9.54. The Kier molecular flexibility index (Phi) is 45.7. The van der Waals surface area contributed by atoms with Crippen molar-refractivity contribution in [2.24, 2.45) is 0 Å².